The molecule has 3 aromatic rings. The summed E-state index contributed by atoms with van der Waals surface area (Å²) in [6, 6.07) is 7.27. The van der Waals surface area contributed by atoms with Gasteiger partial charge in [-0.05, 0) is 19.1 Å². The number of ether oxygens (including phenoxy) is 1. The number of anilines is 4. The lowest BCUT2D eigenvalue weighted by Crippen LogP contribution is -1.99. The summed E-state index contributed by atoms with van der Waals surface area (Å²) >= 11 is 6.02. The Kier molecular flexibility index (Phi) is 4.29. The van der Waals surface area contributed by atoms with E-state index in [1.807, 2.05) is 19.1 Å². The summed E-state index contributed by atoms with van der Waals surface area (Å²) in [6.07, 6.45) is 3.25. The highest BCUT2D eigenvalue weighted by Gasteiger charge is 2.05. The van der Waals surface area contributed by atoms with Crippen LogP contribution in [-0.4, -0.2) is 27.3 Å². The zero-order valence-electron chi connectivity index (χ0n) is 12.6. The zero-order chi connectivity index (χ0) is 16.2. The lowest BCUT2D eigenvalue weighted by atomic mass is 10.3. The van der Waals surface area contributed by atoms with Crippen LogP contribution in [0.1, 0.15) is 5.69 Å². The van der Waals surface area contributed by atoms with E-state index in [0.717, 1.165) is 11.4 Å². The Labute approximate surface area is 138 Å². The van der Waals surface area contributed by atoms with Crippen molar-refractivity contribution >= 4 is 34.7 Å². The second-order valence-corrected chi connectivity index (χ2v) is 5.23. The van der Waals surface area contributed by atoms with Crippen LogP contribution >= 0.6 is 11.6 Å². The van der Waals surface area contributed by atoms with Crippen LogP contribution in [0.25, 0.3) is 0 Å². The molecule has 0 aliphatic heterocycles. The van der Waals surface area contributed by atoms with Crippen molar-refractivity contribution in [2.45, 2.75) is 6.92 Å². The topological polar surface area (TPSA) is 87.8 Å². The fourth-order valence-corrected chi connectivity index (χ4v) is 2.18. The number of aryl methyl sites for hydroxylation is 1. The number of methoxy groups -OCH3 is 1. The maximum Gasteiger partial charge on any atom is 0.153 e. The molecule has 0 fully saturated rings. The molecule has 23 heavy (non-hydrogen) atoms. The largest absolute Gasteiger partial charge is 0.495 e. The predicted molar refractivity (Wildman–Crippen MR) is 89.9 cm³/mol. The molecule has 0 saturated heterocycles. The van der Waals surface area contributed by atoms with Crippen LogP contribution < -0.4 is 15.4 Å². The van der Waals surface area contributed by atoms with Crippen molar-refractivity contribution in [3.63, 3.8) is 0 Å². The van der Waals surface area contributed by atoms with E-state index in [-0.39, 0.29) is 0 Å². The van der Waals surface area contributed by atoms with Gasteiger partial charge < -0.3 is 15.4 Å². The third-order valence-corrected chi connectivity index (χ3v) is 3.33. The standard InChI is InChI=1S/C15H15ClN6O/c1-9-5-13(22-21-9)19-15-8-17-7-14(20-15)18-10-3-4-11(16)12(6-10)23-2/h3-8H,1-2H3,(H3,18,19,20,21,22). The quantitative estimate of drug-likeness (QED) is 0.661. The Hall–Kier alpha value is -2.80. The molecule has 3 N–H and O–H groups in total. The number of hydrogen-bond donors (Lipinski definition) is 3. The lowest BCUT2D eigenvalue weighted by molar-refractivity contribution is 0.415. The number of rotatable bonds is 5. The number of H-pyrrole nitrogens is 1. The van der Waals surface area contributed by atoms with Gasteiger partial charge in [0.1, 0.15) is 5.75 Å². The molecule has 118 valence electrons. The van der Waals surface area contributed by atoms with Crippen molar-refractivity contribution in [1.29, 1.82) is 0 Å². The first-order chi connectivity index (χ1) is 11.1. The molecule has 1 aromatic carbocycles. The number of hydrogen-bond acceptors (Lipinski definition) is 6. The molecule has 2 heterocycles. The van der Waals surface area contributed by atoms with Crippen LogP contribution in [0, 0.1) is 6.92 Å². The van der Waals surface area contributed by atoms with Crippen molar-refractivity contribution in [2.24, 2.45) is 0 Å². The van der Waals surface area contributed by atoms with Gasteiger partial charge in [-0.2, -0.15) is 5.10 Å². The molecule has 0 amide bonds. The summed E-state index contributed by atoms with van der Waals surface area (Å²) in [7, 11) is 1.57. The third-order valence-electron chi connectivity index (χ3n) is 3.02. The van der Waals surface area contributed by atoms with Crippen molar-refractivity contribution in [2.75, 3.05) is 17.7 Å². The second kappa shape index (κ2) is 6.53. The number of aromatic amines is 1. The van der Waals surface area contributed by atoms with Gasteiger partial charge in [0.2, 0.25) is 0 Å². The van der Waals surface area contributed by atoms with Crippen LogP contribution in [0.3, 0.4) is 0 Å². The summed E-state index contributed by atoms with van der Waals surface area (Å²) in [4.78, 5) is 8.60. The predicted octanol–water partition coefficient (Wildman–Crippen LogP) is 3.66. The molecule has 0 aliphatic carbocycles. The summed E-state index contributed by atoms with van der Waals surface area (Å²) < 4.78 is 5.20. The average molecular weight is 331 g/mol. The van der Waals surface area contributed by atoms with Gasteiger partial charge in [-0.25, -0.2) is 4.98 Å². The zero-order valence-corrected chi connectivity index (χ0v) is 13.3. The third kappa shape index (κ3) is 3.70. The van der Waals surface area contributed by atoms with Crippen LogP contribution in [-0.2, 0) is 0 Å². The molecule has 2 aromatic heterocycles. The maximum atomic E-state index is 6.02. The summed E-state index contributed by atoms with van der Waals surface area (Å²) in [5.74, 6) is 2.45. The normalized spacial score (nSPS) is 10.4. The molecule has 0 aliphatic rings. The van der Waals surface area contributed by atoms with E-state index >= 15 is 0 Å². The highest BCUT2D eigenvalue weighted by atomic mass is 35.5. The van der Waals surface area contributed by atoms with E-state index in [0.29, 0.717) is 28.2 Å². The Bertz CT molecular complexity index is 819. The minimum absolute atomic E-state index is 0.549. The average Bonchev–Trinajstić information content (AvgIpc) is 2.94. The van der Waals surface area contributed by atoms with E-state index in [2.05, 4.69) is 30.8 Å². The summed E-state index contributed by atoms with van der Waals surface area (Å²) in [6.45, 7) is 1.93. The minimum Gasteiger partial charge on any atom is -0.495 e. The number of nitrogens with zero attached hydrogens (tertiary/aromatic N) is 3. The molecule has 8 heteroatoms. The number of aromatic nitrogens is 4. The van der Waals surface area contributed by atoms with Gasteiger partial charge in [0, 0.05) is 23.5 Å². The number of benzene rings is 1. The molecule has 0 saturated carbocycles. The van der Waals surface area contributed by atoms with Gasteiger partial charge >= 0.3 is 0 Å². The Balaban J connectivity index is 1.77. The van der Waals surface area contributed by atoms with E-state index in [4.69, 9.17) is 16.3 Å². The van der Waals surface area contributed by atoms with Crippen molar-refractivity contribution < 1.29 is 4.74 Å². The van der Waals surface area contributed by atoms with E-state index in [1.165, 1.54) is 0 Å². The summed E-state index contributed by atoms with van der Waals surface area (Å²) in [5.41, 5.74) is 1.76. The van der Waals surface area contributed by atoms with Crippen LogP contribution in [0.5, 0.6) is 5.75 Å². The van der Waals surface area contributed by atoms with Crippen molar-refractivity contribution in [1.82, 2.24) is 20.2 Å². The van der Waals surface area contributed by atoms with Gasteiger partial charge in [0.25, 0.3) is 0 Å². The van der Waals surface area contributed by atoms with Gasteiger partial charge in [-0.15, -0.1) is 0 Å². The summed E-state index contributed by atoms with van der Waals surface area (Å²) in [5, 5.41) is 13.7. The molecular weight excluding hydrogens is 316 g/mol. The Morgan fingerprint density at radius 3 is 2.57 bits per heavy atom. The van der Waals surface area contributed by atoms with Crippen LogP contribution in [0.4, 0.5) is 23.1 Å². The molecule has 0 unspecified atom stereocenters. The lowest BCUT2D eigenvalue weighted by Gasteiger charge is -2.09. The van der Waals surface area contributed by atoms with Crippen molar-refractivity contribution in [3.05, 3.63) is 47.4 Å². The maximum absolute atomic E-state index is 6.02. The first-order valence-corrected chi connectivity index (χ1v) is 7.23. The van der Waals surface area contributed by atoms with Gasteiger partial charge in [0.15, 0.2) is 17.5 Å². The van der Waals surface area contributed by atoms with E-state index < -0.39 is 0 Å². The molecule has 7 nitrogen and oxygen atoms in total. The molecule has 0 radical (unpaired) electrons. The molecule has 0 bridgehead atoms. The fraction of sp³-hybridized carbons (Fsp3) is 0.133. The molecule has 0 atom stereocenters. The number of halogens is 1. The first-order valence-electron chi connectivity index (χ1n) is 6.85. The van der Waals surface area contributed by atoms with Crippen molar-refractivity contribution in [3.8, 4) is 5.75 Å². The van der Waals surface area contributed by atoms with Gasteiger partial charge in [-0.3, -0.25) is 10.1 Å². The van der Waals surface area contributed by atoms with Gasteiger partial charge in [-0.1, -0.05) is 11.6 Å². The van der Waals surface area contributed by atoms with E-state index in [1.54, 1.807) is 31.6 Å². The highest BCUT2D eigenvalue weighted by Crippen LogP contribution is 2.28. The van der Waals surface area contributed by atoms with Crippen LogP contribution in [0.15, 0.2) is 36.7 Å². The smallest absolute Gasteiger partial charge is 0.153 e. The fourth-order valence-electron chi connectivity index (χ4n) is 1.99. The molecule has 3 rings (SSSR count). The minimum atomic E-state index is 0.549. The molecule has 0 spiro atoms. The van der Waals surface area contributed by atoms with Crippen LogP contribution in [0.2, 0.25) is 5.02 Å². The Morgan fingerprint density at radius 1 is 1.09 bits per heavy atom. The monoisotopic (exact) mass is 330 g/mol. The second-order valence-electron chi connectivity index (χ2n) is 4.83. The van der Waals surface area contributed by atoms with Gasteiger partial charge in [0.05, 0.1) is 24.5 Å². The first kappa shape index (κ1) is 15.1. The SMILES string of the molecule is COc1cc(Nc2cncc(Nc3cc(C)[nH]n3)n2)ccc1Cl. The highest BCUT2D eigenvalue weighted by molar-refractivity contribution is 6.32. The molecular formula is C15H15ClN6O. The number of nitrogens with one attached hydrogen (secondary N) is 3. The van der Waals surface area contributed by atoms with E-state index in [9.17, 15) is 0 Å². The Morgan fingerprint density at radius 2 is 1.87 bits per heavy atom.